The van der Waals surface area contributed by atoms with Gasteiger partial charge in [0.25, 0.3) is 0 Å². The molecule has 0 radical (unpaired) electrons. The van der Waals surface area contributed by atoms with Crippen LogP contribution in [0.3, 0.4) is 0 Å². The quantitative estimate of drug-likeness (QED) is 0.833. The van der Waals surface area contributed by atoms with Crippen molar-refractivity contribution in [1.82, 2.24) is 9.29 Å². The van der Waals surface area contributed by atoms with E-state index in [0.29, 0.717) is 13.0 Å². The highest BCUT2D eigenvalue weighted by Gasteiger charge is 2.33. The Morgan fingerprint density at radius 1 is 1.37 bits per heavy atom. The van der Waals surface area contributed by atoms with Gasteiger partial charge in [0.05, 0.1) is 4.90 Å². The Kier molecular flexibility index (Phi) is 4.38. The van der Waals surface area contributed by atoms with Crippen molar-refractivity contribution in [1.29, 1.82) is 0 Å². The van der Waals surface area contributed by atoms with Crippen LogP contribution in [0.2, 0.25) is 0 Å². The van der Waals surface area contributed by atoms with Crippen LogP contribution in [0.1, 0.15) is 25.7 Å². The van der Waals surface area contributed by atoms with Crippen LogP contribution in [0, 0.1) is 0 Å². The van der Waals surface area contributed by atoms with Crippen molar-refractivity contribution in [2.45, 2.75) is 36.6 Å². The maximum Gasteiger partial charge on any atom is 0.247 e. The molecule has 1 aromatic heterocycles. The zero-order valence-electron chi connectivity index (χ0n) is 10.6. The molecule has 1 unspecified atom stereocenters. The maximum atomic E-state index is 12.5. The molecule has 0 saturated carbocycles. The van der Waals surface area contributed by atoms with Crippen molar-refractivity contribution >= 4 is 10.0 Å². The van der Waals surface area contributed by atoms with Crippen LogP contribution in [-0.2, 0) is 10.0 Å². The highest BCUT2D eigenvalue weighted by Crippen LogP contribution is 2.26. The molecule has 2 rings (SSSR count). The van der Waals surface area contributed by atoms with Crippen LogP contribution in [-0.4, -0.2) is 42.0 Å². The van der Waals surface area contributed by atoms with Gasteiger partial charge < -0.3 is 10.1 Å². The lowest BCUT2D eigenvalue weighted by molar-refractivity contribution is 0.192. The Hall–Kier alpha value is -1.18. The molecule has 0 amide bonds. The molecule has 1 aliphatic rings. The predicted molar refractivity (Wildman–Crippen MR) is 70.3 cm³/mol. The molecule has 1 fully saturated rings. The van der Waals surface area contributed by atoms with Crippen molar-refractivity contribution < 1.29 is 13.5 Å². The Morgan fingerprint density at radius 2 is 2.16 bits per heavy atom. The fourth-order valence-corrected chi connectivity index (χ4v) is 4.11. The van der Waals surface area contributed by atoms with Gasteiger partial charge in [-0.05, 0) is 25.3 Å². The van der Waals surface area contributed by atoms with Gasteiger partial charge in [-0.1, -0.05) is 6.42 Å². The van der Waals surface area contributed by atoms with E-state index in [1.165, 1.54) is 22.6 Å². The number of aliphatic hydroxyl groups excluding tert-OH is 1. The fraction of sp³-hybridized carbons (Fsp3) is 0.583. The van der Waals surface area contributed by atoms with Gasteiger partial charge in [-0.3, -0.25) is 4.79 Å². The van der Waals surface area contributed by atoms with Gasteiger partial charge in [0.2, 0.25) is 15.6 Å². The largest absolute Gasteiger partial charge is 0.396 e. The summed E-state index contributed by atoms with van der Waals surface area (Å²) in [6.07, 6.45) is 4.24. The number of nitrogens with zero attached hydrogens (tertiary/aromatic N) is 1. The lowest BCUT2D eigenvalue weighted by atomic mass is 10.0. The Bertz CT molecular complexity index is 559. The Morgan fingerprint density at radius 3 is 2.79 bits per heavy atom. The number of nitrogens with one attached hydrogen (secondary N) is 1. The lowest BCUT2D eigenvalue weighted by Crippen LogP contribution is -2.44. The summed E-state index contributed by atoms with van der Waals surface area (Å²) in [5.74, 6) is 0. The van der Waals surface area contributed by atoms with E-state index in [4.69, 9.17) is 5.11 Å². The first-order chi connectivity index (χ1) is 9.05. The number of aliphatic hydroxyl groups is 1. The third kappa shape index (κ3) is 3.05. The van der Waals surface area contributed by atoms with E-state index < -0.39 is 10.0 Å². The van der Waals surface area contributed by atoms with Crippen molar-refractivity contribution in [2.75, 3.05) is 13.2 Å². The van der Waals surface area contributed by atoms with E-state index in [0.717, 1.165) is 19.3 Å². The monoisotopic (exact) mass is 286 g/mol. The SMILES string of the molecule is O=c1ccc(S(=O)(=O)N2CCCCC2CCO)c[nH]1. The molecule has 6 nitrogen and oxygen atoms in total. The molecule has 1 atom stereocenters. The number of sulfonamides is 1. The van der Waals surface area contributed by atoms with Gasteiger partial charge in [0.15, 0.2) is 0 Å². The van der Waals surface area contributed by atoms with E-state index in [9.17, 15) is 13.2 Å². The maximum absolute atomic E-state index is 12.5. The standard InChI is InChI=1S/C12H18N2O4S/c15-8-6-10-3-1-2-7-14(10)19(17,18)11-4-5-12(16)13-9-11/h4-5,9-10,15H,1-3,6-8H2,(H,13,16). The van der Waals surface area contributed by atoms with Crippen molar-refractivity contribution in [2.24, 2.45) is 0 Å². The fourth-order valence-electron chi connectivity index (χ4n) is 2.42. The molecular formula is C12H18N2O4S. The van der Waals surface area contributed by atoms with Crippen LogP contribution in [0.5, 0.6) is 0 Å². The van der Waals surface area contributed by atoms with E-state index in [1.54, 1.807) is 0 Å². The minimum atomic E-state index is -3.60. The molecule has 7 heteroatoms. The van der Waals surface area contributed by atoms with Crippen LogP contribution >= 0.6 is 0 Å². The average Bonchev–Trinajstić information content (AvgIpc) is 2.40. The smallest absolute Gasteiger partial charge is 0.247 e. The second-order valence-electron chi connectivity index (χ2n) is 4.67. The molecule has 1 aromatic rings. The second kappa shape index (κ2) is 5.85. The van der Waals surface area contributed by atoms with Gasteiger partial charge in [0, 0.05) is 31.5 Å². The molecule has 0 aromatic carbocycles. The van der Waals surface area contributed by atoms with Gasteiger partial charge in [-0.25, -0.2) is 8.42 Å². The lowest BCUT2D eigenvalue weighted by Gasteiger charge is -2.34. The summed E-state index contributed by atoms with van der Waals surface area (Å²) < 4.78 is 26.5. The number of hydrogen-bond donors (Lipinski definition) is 2. The minimum Gasteiger partial charge on any atom is -0.396 e. The van der Waals surface area contributed by atoms with Crippen LogP contribution in [0.4, 0.5) is 0 Å². The van der Waals surface area contributed by atoms with Gasteiger partial charge in [-0.15, -0.1) is 0 Å². The zero-order valence-corrected chi connectivity index (χ0v) is 11.4. The summed E-state index contributed by atoms with van der Waals surface area (Å²) in [5.41, 5.74) is -0.329. The molecule has 2 N–H and O–H groups in total. The summed E-state index contributed by atoms with van der Waals surface area (Å²) in [5, 5.41) is 9.04. The number of piperidine rings is 1. The normalized spacial score (nSPS) is 21.4. The highest BCUT2D eigenvalue weighted by molar-refractivity contribution is 7.89. The minimum absolute atomic E-state index is 0.0255. The number of pyridine rings is 1. The summed E-state index contributed by atoms with van der Waals surface area (Å²) >= 11 is 0. The number of hydrogen-bond acceptors (Lipinski definition) is 4. The summed E-state index contributed by atoms with van der Waals surface area (Å²) in [6, 6.07) is 2.37. The second-order valence-corrected chi connectivity index (χ2v) is 6.56. The van der Waals surface area contributed by atoms with Crippen LogP contribution < -0.4 is 5.56 Å². The molecule has 1 aliphatic heterocycles. The molecule has 1 saturated heterocycles. The summed E-state index contributed by atoms with van der Waals surface area (Å²) in [6.45, 7) is 0.439. The first kappa shape index (κ1) is 14.2. The Balaban J connectivity index is 2.31. The molecule has 19 heavy (non-hydrogen) atoms. The summed E-state index contributed by atoms with van der Waals surface area (Å²) in [7, 11) is -3.60. The van der Waals surface area contributed by atoms with Crippen molar-refractivity contribution in [3.05, 3.63) is 28.7 Å². The zero-order chi connectivity index (χ0) is 13.9. The molecule has 106 valence electrons. The third-order valence-corrected chi connectivity index (χ3v) is 5.35. The molecule has 0 spiro atoms. The molecular weight excluding hydrogens is 268 g/mol. The molecule has 0 bridgehead atoms. The number of H-pyrrole nitrogens is 1. The van der Waals surface area contributed by atoms with Crippen molar-refractivity contribution in [3.8, 4) is 0 Å². The van der Waals surface area contributed by atoms with E-state index in [2.05, 4.69) is 4.98 Å². The topological polar surface area (TPSA) is 90.5 Å². The highest BCUT2D eigenvalue weighted by atomic mass is 32.2. The number of rotatable bonds is 4. The van der Waals surface area contributed by atoms with E-state index >= 15 is 0 Å². The van der Waals surface area contributed by atoms with E-state index in [-0.39, 0.29) is 23.1 Å². The Labute approximate surface area is 112 Å². The van der Waals surface area contributed by atoms with Gasteiger partial charge >= 0.3 is 0 Å². The van der Waals surface area contributed by atoms with Crippen molar-refractivity contribution in [3.63, 3.8) is 0 Å². The molecule has 2 heterocycles. The van der Waals surface area contributed by atoms with Crippen LogP contribution in [0.15, 0.2) is 28.0 Å². The number of aromatic amines is 1. The van der Waals surface area contributed by atoms with E-state index in [1.807, 2.05) is 0 Å². The van der Waals surface area contributed by atoms with Gasteiger partial charge in [-0.2, -0.15) is 4.31 Å². The number of aromatic nitrogens is 1. The summed E-state index contributed by atoms with van der Waals surface area (Å²) in [4.78, 5) is 13.5. The third-order valence-electron chi connectivity index (χ3n) is 3.40. The first-order valence-electron chi connectivity index (χ1n) is 6.37. The first-order valence-corrected chi connectivity index (χ1v) is 7.81. The van der Waals surface area contributed by atoms with Crippen LogP contribution in [0.25, 0.3) is 0 Å². The molecule has 0 aliphatic carbocycles. The average molecular weight is 286 g/mol. The predicted octanol–water partition coefficient (Wildman–Crippen LogP) is 0.300. The van der Waals surface area contributed by atoms with Gasteiger partial charge in [0.1, 0.15) is 0 Å².